The van der Waals surface area contributed by atoms with Crippen LogP contribution in [0.25, 0.3) is 0 Å². The van der Waals surface area contributed by atoms with E-state index in [2.05, 4.69) is 10.6 Å². The largest absolute Gasteiger partial charge is 0.490 e. The van der Waals surface area contributed by atoms with Gasteiger partial charge < -0.3 is 15.4 Å². The molecule has 1 aliphatic carbocycles. The summed E-state index contributed by atoms with van der Waals surface area (Å²) < 4.78 is 69.6. The van der Waals surface area contributed by atoms with Gasteiger partial charge in [0.15, 0.2) is 11.6 Å². The third-order valence-electron chi connectivity index (χ3n) is 4.11. The minimum absolute atomic E-state index is 0.235. The molecule has 1 fully saturated rings. The Bertz CT molecular complexity index is 817. The Kier molecular flexibility index (Phi) is 5.20. The fraction of sp³-hybridized carbons (Fsp3) is 0.278. The summed E-state index contributed by atoms with van der Waals surface area (Å²) >= 11 is 0. The second kappa shape index (κ2) is 7.42. The lowest BCUT2D eigenvalue weighted by Gasteiger charge is -2.35. The van der Waals surface area contributed by atoms with Crippen LogP contribution < -0.4 is 15.4 Å². The van der Waals surface area contributed by atoms with Crippen molar-refractivity contribution >= 4 is 11.7 Å². The minimum atomic E-state index is -4.40. The van der Waals surface area contributed by atoms with Crippen molar-refractivity contribution in [2.45, 2.75) is 31.2 Å². The smallest absolute Gasteiger partial charge is 0.416 e. The normalized spacial score (nSPS) is 19.1. The predicted octanol–water partition coefficient (Wildman–Crippen LogP) is 4.72. The van der Waals surface area contributed by atoms with Gasteiger partial charge in [0.1, 0.15) is 11.9 Å². The SMILES string of the molecule is O=C(Nc1cccc(F)c1F)N[C@H]1C[C@H](Oc2ccc(C(F)(F)F)cc2)C1. The van der Waals surface area contributed by atoms with Gasteiger partial charge in [-0.1, -0.05) is 6.07 Å². The summed E-state index contributed by atoms with van der Waals surface area (Å²) in [4.78, 5) is 11.8. The monoisotopic (exact) mass is 386 g/mol. The van der Waals surface area contributed by atoms with Gasteiger partial charge >= 0.3 is 12.2 Å². The predicted molar refractivity (Wildman–Crippen MR) is 87.4 cm³/mol. The van der Waals surface area contributed by atoms with Gasteiger partial charge in [0.05, 0.1) is 11.3 Å². The third-order valence-corrected chi connectivity index (χ3v) is 4.11. The van der Waals surface area contributed by atoms with Gasteiger partial charge in [-0.3, -0.25) is 0 Å². The number of alkyl halides is 3. The van der Waals surface area contributed by atoms with Gasteiger partial charge in [0.25, 0.3) is 0 Å². The molecule has 3 rings (SSSR count). The summed E-state index contributed by atoms with van der Waals surface area (Å²) in [5.41, 5.74) is -1.03. The molecule has 2 aromatic rings. The number of carbonyl (C=O) groups excluding carboxylic acids is 1. The van der Waals surface area contributed by atoms with Crippen LogP contribution in [0.1, 0.15) is 18.4 Å². The molecule has 1 saturated carbocycles. The van der Waals surface area contributed by atoms with Crippen molar-refractivity contribution in [2.75, 3.05) is 5.32 Å². The average Bonchev–Trinajstić information content (AvgIpc) is 2.57. The van der Waals surface area contributed by atoms with Crippen molar-refractivity contribution < 1.29 is 31.5 Å². The fourth-order valence-corrected chi connectivity index (χ4v) is 2.64. The molecule has 0 saturated heterocycles. The number of benzene rings is 2. The summed E-state index contributed by atoms with van der Waals surface area (Å²) in [5.74, 6) is -1.91. The van der Waals surface area contributed by atoms with Crippen LogP contribution in [0.5, 0.6) is 5.75 Å². The minimum Gasteiger partial charge on any atom is -0.490 e. The molecular formula is C18H15F5N2O2. The highest BCUT2D eigenvalue weighted by Crippen LogP contribution is 2.32. The number of amides is 2. The molecule has 0 heterocycles. The highest BCUT2D eigenvalue weighted by Gasteiger charge is 2.33. The maximum atomic E-state index is 13.5. The number of ether oxygens (including phenoxy) is 1. The topological polar surface area (TPSA) is 50.4 Å². The van der Waals surface area contributed by atoms with E-state index in [4.69, 9.17) is 4.74 Å². The lowest BCUT2D eigenvalue weighted by molar-refractivity contribution is -0.137. The molecule has 9 heteroatoms. The second-order valence-electron chi connectivity index (χ2n) is 6.13. The molecule has 2 aromatic carbocycles. The highest BCUT2D eigenvalue weighted by molar-refractivity contribution is 5.89. The van der Waals surface area contributed by atoms with Gasteiger partial charge in [-0.05, 0) is 36.4 Å². The van der Waals surface area contributed by atoms with Crippen LogP contribution >= 0.6 is 0 Å². The Morgan fingerprint density at radius 1 is 1.04 bits per heavy atom. The lowest BCUT2D eigenvalue weighted by Crippen LogP contribution is -2.50. The summed E-state index contributed by atoms with van der Waals surface area (Å²) in [7, 11) is 0. The molecule has 0 aromatic heterocycles. The van der Waals surface area contributed by atoms with Crippen LogP contribution in [0.4, 0.5) is 32.4 Å². The van der Waals surface area contributed by atoms with Crippen LogP contribution in [0.2, 0.25) is 0 Å². The van der Waals surface area contributed by atoms with Crippen LogP contribution in [-0.2, 0) is 6.18 Å². The van der Waals surface area contributed by atoms with Crippen molar-refractivity contribution in [2.24, 2.45) is 0 Å². The molecule has 4 nitrogen and oxygen atoms in total. The highest BCUT2D eigenvalue weighted by atomic mass is 19.4. The molecule has 0 spiro atoms. The number of carbonyl (C=O) groups is 1. The molecule has 2 amide bonds. The number of hydrogen-bond donors (Lipinski definition) is 2. The third kappa shape index (κ3) is 4.66. The molecule has 0 unspecified atom stereocenters. The quantitative estimate of drug-likeness (QED) is 0.748. The van der Waals surface area contributed by atoms with Crippen LogP contribution in [0, 0.1) is 11.6 Å². The van der Waals surface area contributed by atoms with Gasteiger partial charge in [-0.25, -0.2) is 13.6 Å². The van der Waals surface area contributed by atoms with Crippen LogP contribution in [0.3, 0.4) is 0 Å². The van der Waals surface area contributed by atoms with Crippen molar-refractivity contribution in [1.29, 1.82) is 0 Å². The molecule has 1 aliphatic rings. The van der Waals surface area contributed by atoms with Gasteiger partial charge in [0.2, 0.25) is 0 Å². The van der Waals surface area contributed by atoms with Crippen molar-refractivity contribution in [3.63, 3.8) is 0 Å². The molecule has 2 N–H and O–H groups in total. The van der Waals surface area contributed by atoms with Gasteiger partial charge in [0, 0.05) is 18.9 Å². The fourth-order valence-electron chi connectivity index (χ4n) is 2.64. The molecule has 0 bridgehead atoms. The van der Waals surface area contributed by atoms with E-state index in [0.717, 1.165) is 18.2 Å². The number of urea groups is 1. The van der Waals surface area contributed by atoms with Gasteiger partial charge in [-0.2, -0.15) is 13.2 Å². The first kappa shape index (κ1) is 18.9. The van der Waals surface area contributed by atoms with E-state index in [1.54, 1.807) is 0 Å². The first-order valence-electron chi connectivity index (χ1n) is 8.08. The van der Waals surface area contributed by atoms with Crippen LogP contribution in [0.15, 0.2) is 42.5 Å². The van der Waals surface area contributed by atoms with E-state index in [1.165, 1.54) is 24.3 Å². The van der Waals surface area contributed by atoms with E-state index >= 15 is 0 Å². The Balaban J connectivity index is 1.44. The zero-order valence-electron chi connectivity index (χ0n) is 13.8. The molecular weight excluding hydrogens is 371 g/mol. The first-order valence-corrected chi connectivity index (χ1v) is 8.08. The number of nitrogens with one attached hydrogen (secondary N) is 2. The summed E-state index contributed by atoms with van der Waals surface area (Å²) in [6.07, 6.45) is -3.77. The number of halogens is 5. The summed E-state index contributed by atoms with van der Waals surface area (Å²) in [6.45, 7) is 0. The maximum Gasteiger partial charge on any atom is 0.416 e. The van der Waals surface area contributed by atoms with E-state index < -0.39 is 29.4 Å². The Morgan fingerprint density at radius 3 is 2.33 bits per heavy atom. The maximum absolute atomic E-state index is 13.5. The van der Waals surface area contributed by atoms with E-state index in [-0.39, 0.29) is 17.8 Å². The Hall–Kier alpha value is -2.84. The number of rotatable bonds is 4. The molecule has 0 aliphatic heterocycles. The van der Waals surface area contributed by atoms with E-state index in [9.17, 15) is 26.7 Å². The van der Waals surface area contributed by atoms with Crippen LogP contribution in [-0.4, -0.2) is 18.2 Å². The zero-order chi connectivity index (χ0) is 19.6. The first-order chi connectivity index (χ1) is 12.7. The Labute approximate surface area is 151 Å². The number of anilines is 1. The molecule has 144 valence electrons. The van der Waals surface area contributed by atoms with Crippen molar-refractivity contribution in [3.05, 3.63) is 59.7 Å². The van der Waals surface area contributed by atoms with Crippen molar-refractivity contribution in [3.8, 4) is 5.75 Å². The van der Waals surface area contributed by atoms with Gasteiger partial charge in [-0.15, -0.1) is 0 Å². The standard InChI is InChI=1S/C18H15F5N2O2/c19-14-2-1-3-15(16(14)20)25-17(26)24-11-8-13(9-11)27-12-6-4-10(5-7-12)18(21,22)23/h1-7,11,13H,8-9H2,(H2,24,25,26)/t11-,13-. The molecule has 27 heavy (non-hydrogen) atoms. The van der Waals surface area contributed by atoms with Crippen molar-refractivity contribution in [1.82, 2.24) is 5.32 Å². The average molecular weight is 386 g/mol. The lowest BCUT2D eigenvalue weighted by atomic mass is 9.89. The van der Waals surface area contributed by atoms with E-state index in [1.807, 2.05) is 0 Å². The summed E-state index contributed by atoms with van der Waals surface area (Å²) in [6, 6.07) is 6.87. The Morgan fingerprint density at radius 2 is 1.70 bits per heavy atom. The van der Waals surface area contributed by atoms with E-state index in [0.29, 0.717) is 18.6 Å². The zero-order valence-corrected chi connectivity index (χ0v) is 13.8. The second-order valence-corrected chi connectivity index (χ2v) is 6.13. The summed E-state index contributed by atoms with van der Waals surface area (Å²) in [5, 5.41) is 4.81. The molecule has 0 radical (unpaired) electrons. The number of hydrogen-bond acceptors (Lipinski definition) is 2. The molecule has 0 atom stereocenters.